The number of rotatable bonds is 6. The molecule has 262 valence electrons. The van der Waals surface area contributed by atoms with Crippen LogP contribution in [0.1, 0.15) is 0 Å². The molecule has 0 fully saturated rings. The summed E-state index contributed by atoms with van der Waals surface area (Å²) >= 11 is 0. The van der Waals surface area contributed by atoms with Crippen LogP contribution in [0.15, 0.2) is 197 Å². The van der Waals surface area contributed by atoms with Crippen molar-refractivity contribution in [2.45, 2.75) is 0 Å². The maximum absolute atomic E-state index is 6.61. The summed E-state index contributed by atoms with van der Waals surface area (Å²) in [6, 6.07) is 64.4. The number of furan rings is 2. The van der Waals surface area contributed by atoms with E-state index in [2.05, 4.69) is 121 Å². The van der Waals surface area contributed by atoms with Gasteiger partial charge in [-0.1, -0.05) is 152 Å². The van der Waals surface area contributed by atoms with E-state index in [4.69, 9.17) is 23.8 Å². The Kier molecular flexibility index (Phi) is 7.42. The van der Waals surface area contributed by atoms with Gasteiger partial charge in [0.25, 0.3) is 0 Å². The van der Waals surface area contributed by atoms with Gasteiger partial charge in [-0.05, 0) is 64.2 Å². The molecule has 5 heteroatoms. The van der Waals surface area contributed by atoms with Gasteiger partial charge in [0.2, 0.25) is 0 Å². The van der Waals surface area contributed by atoms with Crippen LogP contribution >= 0.6 is 0 Å². The molecule has 11 aromatic rings. The number of hydrogen-bond acceptors (Lipinski definition) is 5. The summed E-state index contributed by atoms with van der Waals surface area (Å²) in [5.41, 5.74) is 12.5. The van der Waals surface area contributed by atoms with Crippen molar-refractivity contribution in [3.8, 4) is 67.5 Å². The lowest BCUT2D eigenvalue weighted by Crippen LogP contribution is -2.00. The number of aromatic nitrogens is 3. The number of nitrogens with zero attached hydrogens (tertiary/aromatic N) is 3. The first kappa shape index (κ1) is 31.9. The summed E-state index contributed by atoms with van der Waals surface area (Å²) in [6.07, 6.45) is 0. The van der Waals surface area contributed by atoms with Crippen molar-refractivity contribution in [3.05, 3.63) is 188 Å². The fourth-order valence-electron chi connectivity index (χ4n) is 7.90. The third-order valence-corrected chi connectivity index (χ3v) is 10.6. The van der Waals surface area contributed by atoms with Gasteiger partial charge in [-0.25, -0.2) is 15.0 Å². The molecule has 11 rings (SSSR count). The minimum absolute atomic E-state index is 0.577. The topological polar surface area (TPSA) is 65.0 Å². The van der Waals surface area contributed by atoms with Crippen molar-refractivity contribution in [2.24, 2.45) is 0 Å². The van der Waals surface area contributed by atoms with E-state index in [9.17, 15) is 0 Å². The molecule has 56 heavy (non-hydrogen) atoms. The SMILES string of the molecule is c1ccc(-c2cccc(-c3nc(-c4ccccc4)nc(-c4cccc5oc6ccc(-c7ccc(-c8ccccc8)c8oc9ccccc9c78)cc6c45)n3)c2)cc1. The Morgan fingerprint density at radius 3 is 1.68 bits per heavy atom. The van der Waals surface area contributed by atoms with Crippen molar-refractivity contribution >= 4 is 43.9 Å². The lowest BCUT2D eigenvalue weighted by Gasteiger charge is -2.11. The van der Waals surface area contributed by atoms with Crippen LogP contribution in [0.25, 0.3) is 111 Å². The van der Waals surface area contributed by atoms with Gasteiger partial charge >= 0.3 is 0 Å². The highest BCUT2D eigenvalue weighted by atomic mass is 16.3. The average molecular weight is 718 g/mol. The number of para-hydroxylation sites is 1. The molecule has 0 bridgehead atoms. The molecule has 0 saturated carbocycles. The lowest BCUT2D eigenvalue weighted by molar-refractivity contribution is 0.669. The van der Waals surface area contributed by atoms with Gasteiger partial charge in [0.15, 0.2) is 17.5 Å². The first-order valence-corrected chi connectivity index (χ1v) is 18.7. The predicted molar refractivity (Wildman–Crippen MR) is 227 cm³/mol. The zero-order valence-electron chi connectivity index (χ0n) is 30.1. The van der Waals surface area contributed by atoms with Crippen molar-refractivity contribution < 1.29 is 8.83 Å². The first-order valence-electron chi connectivity index (χ1n) is 18.7. The Balaban J connectivity index is 1.12. The molecule has 0 amide bonds. The number of hydrogen-bond donors (Lipinski definition) is 0. The molecule has 3 aromatic heterocycles. The molecule has 0 spiro atoms. The van der Waals surface area contributed by atoms with E-state index in [1.54, 1.807) is 0 Å². The van der Waals surface area contributed by atoms with Crippen LogP contribution in [-0.4, -0.2) is 15.0 Å². The van der Waals surface area contributed by atoms with Crippen LogP contribution in [0.5, 0.6) is 0 Å². The predicted octanol–water partition coefficient (Wildman–Crippen LogP) is 13.7. The molecule has 3 heterocycles. The van der Waals surface area contributed by atoms with E-state index in [0.717, 1.165) is 93.9 Å². The number of benzene rings is 8. The highest BCUT2D eigenvalue weighted by molar-refractivity contribution is 6.18. The third-order valence-electron chi connectivity index (χ3n) is 10.6. The maximum Gasteiger partial charge on any atom is 0.164 e. The van der Waals surface area contributed by atoms with Crippen LogP contribution in [-0.2, 0) is 0 Å². The van der Waals surface area contributed by atoms with E-state index in [1.165, 1.54) is 0 Å². The average Bonchev–Trinajstić information content (AvgIpc) is 3.86. The first-order chi connectivity index (χ1) is 27.7. The van der Waals surface area contributed by atoms with Crippen LogP contribution in [0.2, 0.25) is 0 Å². The molecular weight excluding hydrogens is 687 g/mol. The molecule has 0 radical (unpaired) electrons. The summed E-state index contributed by atoms with van der Waals surface area (Å²) in [7, 11) is 0. The van der Waals surface area contributed by atoms with Crippen LogP contribution in [0.4, 0.5) is 0 Å². The Labute approximate surface area is 322 Å². The zero-order chi connectivity index (χ0) is 37.0. The van der Waals surface area contributed by atoms with Crippen molar-refractivity contribution in [1.82, 2.24) is 15.0 Å². The molecule has 5 nitrogen and oxygen atoms in total. The second-order valence-electron chi connectivity index (χ2n) is 13.9. The molecule has 0 atom stereocenters. The van der Waals surface area contributed by atoms with Gasteiger partial charge in [-0.2, -0.15) is 0 Å². The highest BCUT2D eigenvalue weighted by Gasteiger charge is 2.21. The second-order valence-corrected chi connectivity index (χ2v) is 13.9. The monoisotopic (exact) mass is 717 g/mol. The Morgan fingerprint density at radius 2 is 0.875 bits per heavy atom. The number of fused-ring (bicyclic) bond motifs is 6. The summed E-state index contributed by atoms with van der Waals surface area (Å²) in [5, 5.41) is 4.10. The smallest absolute Gasteiger partial charge is 0.164 e. The molecule has 0 unspecified atom stereocenters. The fraction of sp³-hybridized carbons (Fsp3) is 0. The summed E-state index contributed by atoms with van der Waals surface area (Å²) < 4.78 is 13.1. The molecule has 8 aromatic carbocycles. The van der Waals surface area contributed by atoms with E-state index in [1.807, 2.05) is 66.7 Å². The summed E-state index contributed by atoms with van der Waals surface area (Å²) in [6.45, 7) is 0. The minimum atomic E-state index is 0.577. The van der Waals surface area contributed by atoms with Gasteiger partial charge in [-0.3, -0.25) is 0 Å². The summed E-state index contributed by atoms with van der Waals surface area (Å²) in [5.74, 6) is 1.78. The van der Waals surface area contributed by atoms with Gasteiger partial charge in [0.05, 0.1) is 0 Å². The van der Waals surface area contributed by atoms with Crippen molar-refractivity contribution in [2.75, 3.05) is 0 Å². The molecule has 0 aliphatic rings. The Bertz CT molecular complexity index is 3240. The lowest BCUT2D eigenvalue weighted by atomic mass is 9.93. The van der Waals surface area contributed by atoms with Gasteiger partial charge in [-0.15, -0.1) is 0 Å². The standard InChI is InChI=1S/C51H31N3O2/c1-4-14-32(15-5-1)35-20-12-21-37(30-35)50-52-49(34-18-8-3-9-19-34)53-51(54-50)41-23-13-25-45-46(41)42-31-36(26-29-44(42)55-45)38-27-28-39(33-16-6-2-7-17-33)48-47(38)40-22-10-11-24-43(40)56-48/h1-31H. The second kappa shape index (κ2) is 13.0. The Hall–Kier alpha value is -7.63. The third kappa shape index (κ3) is 5.37. The van der Waals surface area contributed by atoms with E-state index >= 15 is 0 Å². The van der Waals surface area contributed by atoms with E-state index in [-0.39, 0.29) is 0 Å². The largest absolute Gasteiger partial charge is 0.456 e. The molecule has 0 aliphatic carbocycles. The van der Waals surface area contributed by atoms with Crippen LogP contribution in [0.3, 0.4) is 0 Å². The van der Waals surface area contributed by atoms with E-state index in [0.29, 0.717) is 17.5 Å². The van der Waals surface area contributed by atoms with E-state index < -0.39 is 0 Å². The highest BCUT2D eigenvalue weighted by Crippen LogP contribution is 2.44. The molecule has 0 N–H and O–H groups in total. The molecule has 0 saturated heterocycles. The quantitative estimate of drug-likeness (QED) is 0.171. The normalized spacial score (nSPS) is 11.6. The molecule has 0 aliphatic heterocycles. The van der Waals surface area contributed by atoms with Crippen molar-refractivity contribution in [3.63, 3.8) is 0 Å². The Morgan fingerprint density at radius 1 is 0.286 bits per heavy atom. The van der Waals surface area contributed by atoms with Gasteiger partial charge < -0.3 is 8.83 Å². The van der Waals surface area contributed by atoms with Crippen LogP contribution in [0, 0.1) is 0 Å². The maximum atomic E-state index is 6.61. The minimum Gasteiger partial charge on any atom is -0.456 e. The zero-order valence-corrected chi connectivity index (χ0v) is 30.1. The fourth-order valence-corrected chi connectivity index (χ4v) is 7.90. The van der Waals surface area contributed by atoms with Crippen LogP contribution < -0.4 is 0 Å². The summed E-state index contributed by atoms with van der Waals surface area (Å²) in [4.78, 5) is 15.4. The van der Waals surface area contributed by atoms with Crippen molar-refractivity contribution in [1.29, 1.82) is 0 Å². The molecular formula is C51H31N3O2. The van der Waals surface area contributed by atoms with Gasteiger partial charge in [0, 0.05) is 43.8 Å². The van der Waals surface area contributed by atoms with Gasteiger partial charge in [0.1, 0.15) is 22.3 Å².